The predicted molar refractivity (Wildman–Crippen MR) is 63.4 cm³/mol. The van der Waals surface area contributed by atoms with Crippen molar-refractivity contribution in [1.82, 2.24) is 4.90 Å². The molecule has 0 aliphatic carbocycles. The van der Waals surface area contributed by atoms with Crippen molar-refractivity contribution in [3.05, 3.63) is 34.9 Å². The van der Waals surface area contributed by atoms with Crippen LogP contribution in [0.1, 0.15) is 37.9 Å². The van der Waals surface area contributed by atoms with Crippen LogP contribution in [0.4, 0.5) is 8.78 Å². The van der Waals surface area contributed by atoms with E-state index in [0.717, 1.165) is 6.07 Å². The van der Waals surface area contributed by atoms with Gasteiger partial charge in [0, 0.05) is 30.3 Å². The van der Waals surface area contributed by atoms with Gasteiger partial charge in [0.25, 0.3) is 0 Å². The second kappa shape index (κ2) is 4.03. The van der Waals surface area contributed by atoms with E-state index >= 15 is 0 Å². The molecule has 94 valence electrons. The van der Waals surface area contributed by atoms with E-state index in [2.05, 4.69) is 25.7 Å². The molecule has 1 unspecified atom stereocenters. The number of rotatable bonds is 1. The average Bonchev–Trinajstić information content (AvgIpc) is 2.55. The molecule has 1 atom stereocenters. The summed E-state index contributed by atoms with van der Waals surface area (Å²) in [6, 6.07) is 2.19. The summed E-state index contributed by atoms with van der Waals surface area (Å²) in [7, 11) is 0. The maximum absolute atomic E-state index is 13.8. The Hall–Kier alpha value is -1.00. The van der Waals surface area contributed by atoms with Gasteiger partial charge in [0.2, 0.25) is 0 Å². The summed E-state index contributed by atoms with van der Waals surface area (Å²) in [5.41, 5.74) is 6.90. The lowest BCUT2D eigenvalue weighted by Crippen LogP contribution is -2.42. The molecule has 2 N–H and O–H groups in total. The topological polar surface area (TPSA) is 29.3 Å². The molecule has 2 rings (SSSR count). The number of hydrogen-bond donors (Lipinski definition) is 1. The van der Waals surface area contributed by atoms with Gasteiger partial charge < -0.3 is 5.73 Å². The molecule has 1 aromatic carbocycles. The number of halogens is 2. The molecular formula is C13H18F2N2. The highest BCUT2D eigenvalue weighted by atomic mass is 19.1. The second-order valence-electron chi connectivity index (χ2n) is 5.51. The van der Waals surface area contributed by atoms with Gasteiger partial charge in [-0.05, 0) is 32.4 Å². The van der Waals surface area contributed by atoms with Crippen molar-refractivity contribution in [2.24, 2.45) is 5.73 Å². The van der Waals surface area contributed by atoms with Crippen LogP contribution in [0.25, 0.3) is 0 Å². The van der Waals surface area contributed by atoms with E-state index in [9.17, 15) is 8.78 Å². The molecule has 0 fully saturated rings. The molecule has 0 aromatic heterocycles. The highest BCUT2D eigenvalue weighted by Crippen LogP contribution is 2.39. The smallest absolute Gasteiger partial charge is 0.131 e. The summed E-state index contributed by atoms with van der Waals surface area (Å²) in [6.45, 7) is 7.05. The fourth-order valence-electron chi connectivity index (χ4n) is 2.54. The van der Waals surface area contributed by atoms with Gasteiger partial charge in [-0.1, -0.05) is 0 Å². The standard InChI is InChI=1S/C13H18F2N2/c1-13(2,3)17-7-8-4-9(14)5-10(15)12(8)11(17)6-16/h4-5,11H,6-7,16H2,1-3H3. The zero-order chi connectivity index (χ0) is 12.8. The van der Waals surface area contributed by atoms with Gasteiger partial charge in [-0.15, -0.1) is 0 Å². The van der Waals surface area contributed by atoms with Crippen molar-refractivity contribution < 1.29 is 8.78 Å². The zero-order valence-corrected chi connectivity index (χ0v) is 10.4. The molecule has 0 saturated heterocycles. The molecule has 1 aliphatic heterocycles. The van der Waals surface area contributed by atoms with Gasteiger partial charge in [-0.25, -0.2) is 8.78 Å². The molecule has 4 heteroatoms. The first kappa shape index (κ1) is 12.5. The molecule has 2 nitrogen and oxygen atoms in total. The van der Waals surface area contributed by atoms with Crippen LogP contribution in [0.5, 0.6) is 0 Å². The van der Waals surface area contributed by atoms with Crippen molar-refractivity contribution >= 4 is 0 Å². The maximum Gasteiger partial charge on any atom is 0.131 e. The van der Waals surface area contributed by atoms with Crippen molar-refractivity contribution in [1.29, 1.82) is 0 Å². The first-order valence-electron chi connectivity index (χ1n) is 5.79. The Labute approximate surface area is 100 Å². The number of fused-ring (bicyclic) bond motifs is 1. The minimum absolute atomic E-state index is 0.119. The first-order valence-corrected chi connectivity index (χ1v) is 5.79. The lowest BCUT2D eigenvalue weighted by Gasteiger charge is -2.36. The Kier molecular flexibility index (Phi) is 2.96. The van der Waals surface area contributed by atoms with Crippen molar-refractivity contribution in [2.45, 2.75) is 38.9 Å². The van der Waals surface area contributed by atoms with Crippen molar-refractivity contribution in [2.75, 3.05) is 6.54 Å². The van der Waals surface area contributed by atoms with Crippen LogP contribution in [-0.4, -0.2) is 17.0 Å². The third kappa shape index (κ3) is 2.07. The van der Waals surface area contributed by atoms with Crippen LogP contribution < -0.4 is 5.73 Å². The van der Waals surface area contributed by atoms with Gasteiger partial charge in [-0.3, -0.25) is 4.90 Å². The van der Waals surface area contributed by atoms with Crippen LogP contribution in [0.2, 0.25) is 0 Å². The first-order chi connectivity index (χ1) is 7.84. The molecule has 0 spiro atoms. The van der Waals surface area contributed by atoms with E-state index in [1.807, 2.05) is 0 Å². The quantitative estimate of drug-likeness (QED) is 0.817. The van der Waals surface area contributed by atoms with Crippen LogP contribution >= 0.6 is 0 Å². The van der Waals surface area contributed by atoms with Crippen molar-refractivity contribution in [3.63, 3.8) is 0 Å². The average molecular weight is 240 g/mol. The summed E-state index contributed by atoms with van der Waals surface area (Å²) < 4.78 is 27.0. The predicted octanol–water partition coefficient (Wildman–Crippen LogP) is 2.58. The fourth-order valence-corrected chi connectivity index (χ4v) is 2.54. The number of hydrogen-bond acceptors (Lipinski definition) is 2. The molecule has 17 heavy (non-hydrogen) atoms. The molecule has 1 aromatic rings. The highest BCUT2D eigenvalue weighted by Gasteiger charge is 2.38. The molecule has 0 amide bonds. The summed E-state index contributed by atoms with van der Waals surface area (Å²) in [4.78, 5) is 2.11. The second-order valence-corrected chi connectivity index (χ2v) is 5.51. The van der Waals surface area contributed by atoms with Crippen LogP contribution in [0.15, 0.2) is 12.1 Å². The van der Waals surface area contributed by atoms with Gasteiger partial charge in [0.1, 0.15) is 11.6 Å². The van der Waals surface area contributed by atoms with Crippen LogP contribution in [0, 0.1) is 11.6 Å². The third-order valence-corrected chi connectivity index (χ3v) is 3.32. The van der Waals surface area contributed by atoms with Gasteiger partial charge in [0.15, 0.2) is 0 Å². The molecule has 0 saturated carbocycles. The van der Waals surface area contributed by atoms with Gasteiger partial charge in [0.05, 0.1) is 6.04 Å². The minimum atomic E-state index is -0.521. The van der Waals surface area contributed by atoms with E-state index < -0.39 is 11.6 Å². The SMILES string of the molecule is CC(C)(C)N1Cc2cc(F)cc(F)c2C1CN. The summed E-state index contributed by atoms with van der Waals surface area (Å²) in [5.74, 6) is -1.00. The Bertz CT molecular complexity index is 438. The lowest BCUT2D eigenvalue weighted by molar-refractivity contribution is 0.0937. The van der Waals surface area contributed by atoms with E-state index in [4.69, 9.17) is 5.73 Å². The zero-order valence-electron chi connectivity index (χ0n) is 10.4. The maximum atomic E-state index is 13.8. The molecule has 1 heterocycles. The van der Waals surface area contributed by atoms with Gasteiger partial charge in [-0.2, -0.15) is 0 Å². The highest BCUT2D eigenvalue weighted by molar-refractivity contribution is 5.37. The Morgan fingerprint density at radius 3 is 2.53 bits per heavy atom. The number of nitrogens with zero attached hydrogens (tertiary/aromatic N) is 1. The van der Waals surface area contributed by atoms with E-state index in [1.165, 1.54) is 6.07 Å². The monoisotopic (exact) mass is 240 g/mol. The van der Waals surface area contributed by atoms with Gasteiger partial charge >= 0.3 is 0 Å². The summed E-state index contributed by atoms with van der Waals surface area (Å²) in [5, 5.41) is 0. The fraction of sp³-hybridized carbons (Fsp3) is 0.538. The van der Waals surface area contributed by atoms with E-state index in [1.54, 1.807) is 0 Å². The lowest BCUT2D eigenvalue weighted by atomic mass is 10.0. The summed E-state index contributed by atoms with van der Waals surface area (Å²) >= 11 is 0. The Morgan fingerprint density at radius 1 is 1.35 bits per heavy atom. The normalized spacial score (nSPS) is 20.7. The Morgan fingerprint density at radius 2 is 2.00 bits per heavy atom. The molecular weight excluding hydrogens is 222 g/mol. The van der Waals surface area contributed by atoms with Crippen LogP contribution in [0.3, 0.4) is 0 Å². The number of nitrogens with two attached hydrogens (primary N) is 1. The largest absolute Gasteiger partial charge is 0.329 e. The summed E-state index contributed by atoms with van der Waals surface area (Å²) in [6.07, 6.45) is 0. The minimum Gasteiger partial charge on any atom is -0.329 e. The molecule has 0 radical (unpaired) electrons. The van der Waals surface area contributed by atoms with E-state index in [0.29, 0.717) is 24.2 Å². The van der Waals surface area contributed by atoms with Crippen LogP contribution in [-0.2, 0) is 6.54 Å². The third-order valence-electron chi connectivity index (χ3n) is 3.32. The van der Waals surface area contributed by atoms with E-state index in [-0.39, 0.29) is 11.6 Å². The molecule has 1 aliphatic rings. The molecule has 0 bridgehead atoms. The van der Waals surface area contributed by atoms with Crippen molar-refractivity contribution in [3.8, 4) is 0 Å². The number of benzene rings is 1. The Balaban J connectivity index is 2.49.